The summed E-state index contributed by atoms with van der Waals surface area (Å²) >= 11 is 0. The molecule has 0 radical (unpaired) electrons. The Morgan fingerprint density at radius 1 is 1.22 bits per heavy atom. The molecule has 1 rings (SSSR count). The van der Waals surface area contributed by atoms with E-state index >= 15 is 0 Å². The fourth-order valence-corrected chi connectivity index (χ4v) is 1.63. The highest BCUT2D eigenvalue weighted by atomic mass is 16.5. The first-order chi connectivity index (χ1) is 10.8. The van der Waals surface area contributed by atoms with Gasteiger partial charge in [0.2, 0.25) is 5.91 Å². The molecule has 1 aromatic carbocycles. The largest absolute Gasteiger partial charge is 0.449 e. The van der Waals surface area contributed by atoms with E-state index in [1.165, 1.54) is 26.0 Å². The van der Waals surface area contributed by atoms with Crippen LogP contribution >= 0.6 is 0 Å². The number of esters is 1. The molecule has 0 heterocycles. The van der Waals surface area contributed by atoms with Crippen molar-refractivity contribution in [2.75, 3.05) is 11.9 Å². The molecule has 1 atom stereocenters. The Balaban J connectivity index is 2.66. The van der Waals surface area contributed by atoms with Crippen molar-refractivity contribution in [3.63, 3.8) is 0 Å². The molecule has 4 amide bonds. The molecule has 0 fully saturated rings. The molecule has 1 aromatic rings. The highest BCUT2D eigenvalue weighted by Crippen LogP contribution is 2.12. The van der Waals surface area contributed by atoms with Crippen LogP contribution in [0.4, 0.5) is 10.5 Å². The molecule has 124 valence electrons. The van der Waals surface area contributed by atoms with Gasteiger partial charge in [0, 0.05) is 19.2 Å². The lowest BCUT2D eigenvalue weighted by atomic mass is 10.2. The van der Waals surface area contributed by atoms with E-state index in [9.17, 15) is 19.2 Å². The van der Waals surface area contributed by atoms with E-state index in [1.807, 2.05) is 0 Å². The number of nitrogens with one attached hydrogen (secondary N) is 3. The molecule has 8 nitrogen and oxygen atoms in total. The van der Waals surface area contributed by atoms with Crippen molar-refractivity contribution in [2.45, 2.75) is 26.9 Å². The first-order valence-corrected chi connectivity index (χ1v) is 7.00. The summed E-state index contributed by atoms with van der Waals surface area (Å²) < 4.78 is 4.99. The molecule has 0 aliphatic heterocycles. The van der Waals surface area contributed by atoms with Crippen molar-refractivity contribution in [1.29, 1.82) is 0 Å². The van der Waals surface area contributed by atoms with Crippen LogP contribution in [0.5, 0.6) is 0 Å². The predicted molar refractivity (Wildman–Crippen MR) is 82.8 cm³/mol. The van der Waals surface area contributed by atoms with Crippen LogP contribution in [0.2, 0.25) is 0 Å². The Morgan fingerprint density at radius 3 is 2.52 bits per heavy atom. The zero-order chi connectivity index (χ0) is 17.4. The minimum absolute atomic E-state index is 0.175. The number of anilines is 1. The van der Waals surface area contributed by atoms with Crippen molar-refractivity contribution in [3.8, 4) is 0 Å². The summed E-state index contributed by atoms with van der Waals surface area (Å²) in [6, 6.07) is 5.44. The first kappa shape index (κ1) is 18.1. The van der Waals surface area contributed by atoms with Gasteiger partial charge in [-0.15, -0.1) is 0 Å². The van der Waals surface area contributed by atoms with Crippen molar-refractivity contribution in [3.05, 3.63) is 29.8 Å². The van der Waals surface area contributed by atoms with Crippen LogP contribution in [0.3, 0.4) is 0 Å². The van der Waals surface area contributed by atoms with E-state index in [0.717, 1.165) is 0 Å². The Hall–Kier alpha value is -2.90. The van der Waals surface area contributed by atoms with Crippen LogP contribution in [0, 0.1) is 0 Å². The first-order valence-electron chi connectivity index (χ1n) is 7.00. The number of ether oxygens (including phenoxy) is 1. The highest BCUT2D eigenvalue weighted by Gasteiger charge is 2.20. The number of carbonyl (C=O) groups excluding carboxylic acids is 4. The zero-order valence-corrected chi connectivity index (χ0v) is 13.1. The third kappa shape index (κ3) is 6.16. The summed E-state index contributed by atoms with van der Waals surface area (Å²) in [6.45, 7) is 4.77. The molecule has 0 aromatic heterocycles. The number of hydrogen-bond donors (Lipinski definition) is 3. The monoisotopic (exact) mass is 321 g/mol. The van der Waals surface area contributed by atoms with Crippen molar-refractivity contribution in [1.82, 2.24) is 10.6 Å². The smallest absolute Gasteiger partial charge is 0.338 e. The minimum atomic E-state index is -1.14. The molecular formula is C15H19N3O5. The van der Waals surface area contributed by atoms with Gasteiger partial charge in [-0.2, -0.15) is 0 Å². The average Bonchev–Trinajstić information content (AvgIpc) is 2.46. The van der Waals surface area contributed by atoms with Gasteiger partial charge >= 0.3 is 12.0 Å². The van der Waals surface area contributed by atoms with Gasteiger partial charge in [0.15, 0.2) is 6.10 Å². The van der Waals surface area contributed by atoms with Crippen molar-refractivity contribution >= 4 is 29.5 Å². The Labute approximate surface area is 133 Å². The van der Waals surface area contributed by atoms with Crippen molar-refractivity contribution in [2.24, 2.45) is 0 Å². The number of hydrogen-bond acceptors (Lipinski definition) is 5. The summed E-state index contributed by atoms with van der Waals surface area (Å²) in [5.41, 5.74) is 0.611. The second-order valence-electron chi connectivity index (χ2n) is 4.66. The number of benzene rings is 1. The summed E-state index contributed by atoms with van der Waals surface area (Å²) in [7, 11) is 0. The minimum Gasteiger partial charge on any atom is -0.449 e. The summed E-state index contributed by atoms with van der Waals surface area (Å²) in [5.74, 6) is -1.75. The normalized spacial score (nSPS) is 11.1. The third-order valence-corrected chi connectivity index (χ3v) is 2.65. The number of amides is 4. The van der Waals surface area contributed by atoms with Crippen LogP contribution in [-0.4, -0.2) is 36.5 Å². The maximum absolute atomic E-state index is 12.0. The van der Waals surface area contributed by atoms with Crippen LogP contribution in [-0.2, 0) is 14.3 Å². The van der Waals surface area contributed by atoms with Gasteiger partial charge in [-0.3, -0.25) is 14.9 Å². The topological polar surface area (TPSA) is 114 Å². The lowest BCUT2D eigenvalue weighted by Crippen LogP contribution is -2.44. The molecule has 0 spiro atoms. The van der Waals surface area contributed by atoms with Crippen LogP contribution < -0.4 is 16.0 Å². The maximum Gasteiger partial charge on any atom is 0.338 e. The van der Waals surface area contributed by atoms with Gasteiger partial charge in [-0.1, -0.05) is 6.07 Å². The number of imide groups is 1. The Morgan fingerprint density at radius 2 is 1.91 bits per heavy atom. The van der Waals surface area contributed by atoms with E-state index in [-0.39, 0.29) is 11.5 Å². The molecule has 0 saturated heterocycles. The molecular weight excluding hydrogens is 302 g/mol. The average molecular weight is 321 g/mol. The quantitative estimate of drug-likeness (QED) is 0.701. The molecule has 0 saturated carbocycles. The lowest BCUT2D eigenvalue weighted by Gasteiger charge is -2.13. The van der Waals surface area contributed by atoms with Crippen molar-refractivity contribution < 1.29 is 23.9 Å². The summed E-state index contributed by atoms with van der Waals surface area (Å²) in [5, 5.41) is 6.98. The second kappa shape index (κ2) is 8.52. The van der Waals surface area contributed by atoms with Crippen LogP contribution in [0.15, 0.2) is 24.3 Å². The molecule has 0 aliphatic carbocycles. The third-order valence-electron chi connectivity index (χ3n) is 2.65. The number of rotatable bonds is 5. The standard InChI is InChI=1S/C15H19N3O5/c1-4-16-15(22)18-13(20)9(2)23-14(21)11-6-5-7-12(8-11)17-10(3)19/h5-9H,4H2,1-3H3,(H,17,19)(H2,16,18,20,22). The molecule has 23 heavy (non-hydrogen) atoms. The van der Waals surface area contributed by atoms with E-state index in [0.29, 0.717) is 12.2 Å². The number of urea groups is 1. The van der Waals surface area contributed by atoms with Crippen LogP contribution in [0.1, 0.15) is 31.1 Å². The fraction of sp³-hybridized carbons (Fsp3) is 0.333. The van der Waals surface area contributed by atoms with Gasteiger partial charge in [0.25, 0.3) is 5.91 Å². The van der Waals surface area contributed by atoms with E-state index in [4.69, 9.17) is 4.74 Å². The molecule has 3 N–H and O–H groups in total. The SMILES string of the molecule is CCNC(=O)NC(=O)C(C)OC(=O)c1cccc(NC(C)=O)c1. The molecule has 0 bridgehead atoms. The van der Waals surface area contributed by atoms with E-state index in [2.05, 4.69) is 16.0 Å². The van der Waals surface area contributed by atoms with Gasteiger partial charge in [-0.25, -0.2) is 9.59 Å². The van der Waals surface area contributed by atoms with E-state index in [1.54, 1.807) is 19.1 Å². The lowest BCUT2D eigenvalue weighted by molar-refractivity contribution is -0.127. The Bertz CT molecular complexity index is 615. The fourth-order valence-electron chi connectivity index (χ4n) is 1.63. The highest BCUT2D eigenvalue weighted by molar-refractivity contribution is 5.99. The van der Waals surface area contributed by atoms with Gasteiger partial charge in [-0.05, 0) is 32.0 Å². The number of carbonyl (C=O) groups is 4. The van der Waals surface area contributed by atoms with Crippen LogP contribution in [0.25, 0.3) is 0 Å². The van der Waals surface area contributed by atoms with Gasteiger partial charge in [0.05, 0.1) is 5.56 Å². The summed E-state index contributed by atoms with van der Waals surface area (Å²) in [4.78, 5) is 45.9. The van der Waals surface area contributed by atoms with Gasteiger partial charge in [0.1, 0.15) is 0 Å². The molecule has 1 unspecified atom stereocenters. The molecule has 8 heteroatoms. The van der Waals surface area contributed by atoms with E-state index < -0.39 is 24.0 Å². The molecule has 0 aliphatic rings. The maximum atomic E-state index is 12.0. The Kier molecular flexibility index (Phi) is 6.72. The second-order valence-corrected chi connectivity index (χ2v) is 4.66. The predicted octanol–water partition coefficient (Wildman–Crippen LogP) is 1.04. The van der Waals surface area contributed by atoms with Gasteiger partial charge < -0.3 is 15.4 Å². The summed E-state index contributed by atoms with van der Waals surface area (Å²) in [6.07, 6.45) is -1.14. The zero-order valence-electron chi connectivity index (χ0n) is 13.1.